The number of aromatic nitrogens is 1. The Bertz CT molecular complexity index is 685. The maximum absolute atomic E-state index is 12.4. The fraction of sp³-hybridized carbons (Fsp3) is 0.333. The normalized spacial score (nSPS) is 15.0. The van der Waals surface area contributed by atoms with E-state index in [2.05, 4.69) is 46.4 Å². The van der Waals surface area contributed by atoms with Crippen molar-refractivity contribution in [3.63, 3.8) is 0 Å². The molecule has 1 aliphatic heterocycles. The molecule has 2 amide bonds. The highest BCUT2D eigenvalue weighted by Gasteiger charge is 2.19. The number of pyridine rings is 1. The molecule has 2 N–H and O–H groups in total. The van der Waals surface area contributed by atoms with Crippen LogP contribution in [0.1, 0.15) is 12.0 Å². The molecule has 0 spiro atoms. The molecule has 1 aromatic heterocycles. The largest absolute Gasteiger partial charge is 0.506 e. The second kappa shape index (κ2) is 7.21. The Kier molecular flexibility index (Phi) is 4.84. The summed E-state index contributed by atoms with van der Waals surface area (Å²) in [7, 11) is 0. The van der Waals surface area contributed by atoms with Crippen LogP contribution in [-0.4, -0.2) is 47.2 Å². The third-order valence-electron chi connectivity index (χ3n) is 4.17. The second-order valence-corrected chi connectivity index (χ2v) is 5.99. The molecule has 0 radical (unpaired) electrons. The number of hydrogen-bond donors (Lipinski definition) is 2. The van der Waals surface area contributed by atoms with Crippen molar-refractivity contribution in [1.82, 2.24) is 9.88 Å². The molecule has 24 heavy (non-hydrogen) atoms. The van der Waals surface area contributed by atoms with Gasteiger partial charge in [-0.25, -0.2) is 9.78 Å². The lowest BCUT2D eigenvalue weighted by molar-refractivity contribution is 0.215. The number of amides is 2. The van der Waals surface area contributed by atoms with Crippen LogP contribution < -0.4 is 10.2 Å². The molecule has 3 rings (SSSR count). The zero-order valence-corrected chi connectivity index (χ0v) is 13.8. The molecule has 0 bridgehead atoms. The molecular formula is C18H22N4O2. The van der Waals surface area contributed by atoms with Crippen LogP contribution in [0.4, 0.5) is 16.3 Å². The fourth-order valence-corrected chi connectivity index (χ4v) is 2.78. The van der Waals surface area contributed by atoms with Crippen LogP contribution in [-0.2, 0) is 0 Å². The molecule has 1 fully saturated rings. The molecule has 126 valence electrons. The highest BCUT2D eigenvalue weighted by atomic mass is 16.3. The van der Waals surface area contributed by atoms with Crippen molar-refractivity contribution in [3.05, 3.63) is 48.2 Å². The number of urea groups is 1. The zero-order chi connectivity index (χ0) is 16.9. The van der Waals surface area contributed by atoms with E-state index < -0.39 is 0 Å². The van der Waals surface area contributed by atoms with Crippen LogP contribution in [0.5, 0.6) is 5.75 Å². The first kappa shape index (κ1) is 16.1. The first-order valence-electron chi connectivity index (χ1n) is 8.14. The predicted octanol–water partition coefficient (Wildman–Crippen LogP) is 2.84. The van der Waals surface area contributed by atoms with Gasteiger partial charge in [0.25, 0.3) is 0 Å². The second-order valence-electron chi connectivity index (χ2n) is 5.99. The summed E-state index contributed by atoms with van der Waals surface area (Å²) in [6, 6.07) is 11.4. The summed E-state index contributed by atoms with van der Waals surface area (Å²) in [4.78, 5) is 20.5. The number of aryl methyl sites for hydroxylation is 1. The van der Waals surface area contributed by atoms with Gasteiger partial charge in [-0.2, -0.15) is 0 Å². The molecule has 0 aliphatic carbocycles. The lowest BCUT2D eigenvalue weighted by Crippen LogP contribution is -2.38. The van der Waals surface area contributed by atoms with Crippen LogP contribution >= 0.6 is 0 Å². The first-order chi connectivity index (χ1) is 11.6. The van der Waals surface area contributed by atoms with Gasteiger partial charge in [0.1, 0.15) is 11.6 Å². The molecule has 1 aromatic carbocycles. The molecule has 2 heterocycles. The summed E-state index contributed by atoms with van der Waals surface area (Å²) in [6.07, 6.45) is 2.24. The first-order valence-corrected chi connectivity index (χ1v) is 8.14. The van der Waals surface area contributed by atoms with Gasteiger partial charge < -0.3 is 14.9 Å². The predicted molar refractivity (Wildman–Crippen MR) is 94.5 cm³/mol. The van der Waals surface area contributed by atoms with E-state index in [0.29, 0.717) is 18.9 Å². The number of rotatable bonds is 2. The smallest absolute Gasteiger partial charge is 0.323 e. The number of anilines is 2. The Morgan fingerprint density at radius 2 is 1.88 bits per heavy atom. The minimum atomic E-state index is -0.154. The summed E-state index contributed by atoms with van der Waals surface area (Å²) in [5.41, 5.74) is 2.44. The summed E-state index contributed by atoms with van der Waals surface area (Å²) in [5.74, 6) is 0.522. The molecule has 1 aliphatic rings. The number of carbonyl (C=O) groups excluding carboxylic acids is 1. The number of aromatic hydroxyl groups is 1. The Hall–Kier alpha value is -2.76. The monoisotopic (exact) mass is 326 g/mol. The van der Waals surface area contributed by atoms with Crippen LogP contribution in [0.15, 0.2) is 42.6 Å². The van der Waals surface area contributed by atoms with E-state index in [4.69, 9.17) is 0 Å². The number of benzene rings is 1. The minimum absolute atomic E-state index is 0.0801. The quantitative estimate of drug-likeness (QED) is 0.890. The Labute approximate surface area is 141 Å². The topological polar surface area (TPSA) is 68.7 Å². The van der Waals surface area contributed by atoms with Gasteiger partial charge in [-0.1, -0.05) is 17.7 Å². The van der Waals surface area contributed by atoms with E-state index in [1.165, 1.54) is 23.5 Å². The standard InChI is InChI=1S/C18H22N4O2/c1-14-3-5-15(6-4-14)21-9-2-10-22(12-11-21)18(24)20-17-8-7-16(23)13-19-17/h3-8,13,23H,2,9-12H2,1H3,(H,19,20,24). The van der Waals surface area contributed by atoms with Crippen LogP contribution in [0.2, 0.25) is 0 Å². The van der Waals surface area contributed by atoms with E-state index in [0.717, 1.165) is 19.5 Å². The summed E-state index contributed by atoms with van der Waals surface area (Å²) < 4.78 is 0. The van der Waals surface area contributed by atoms with E-state index in [1.807, 2.05) is 4.90 Å². The van der Waals surface area contributed by atoms with Gasteiger partial charge in [0.15, 0.2) is 0 Å². The highest BCUT2D eigenvalue weighted by Crippen LogP contribution is 2.18. The van der Waals surface area contributed by atoms with E-state index >= 15 is 0 Å². The fourth-order valence-electron chi connectivity index (χ4n) is 2.78. The molecule has 6 nitrogen and oxygen atoms in total. The summed E-state index contributed by atoms with van der Waals surface area (Å²) >= 11 is 0. The van der Waals surface area contributed by atoms with Crippen molar-refractivity contribution in [1.29, 1.82) is 0 Å². The van der Waals surface area contributed by atoms with Crippen LogP contribution in [0, 0.1) is 6.92 Å². The average Bonchev–Trinajstić information content (AvgIpc) is 2.84. The van der Waals surface area contributed by atoms with E-state index in [1.54, 1.807) is 6.07 Å². The van der Waals surface area contributed by atoms with Crippen molar-refractivity contribution < 1.29 is 9.90 Å². The van der Waals surface area contributed by atoms with Gasteiger partial charge in [0, 0.05) is 31.9 Å². The lowest BCUT2D eigenvalue weighted by Gasteiger charge is -2.24. The molecule has 6 heteroatoms. The maximum atomic E-state index is 12.4. The molecule has 0 atom stereocenters. The van der Waals surface area contributed by atoms with Crippen LogP contribution in [0.25, 0.3) is 0 Å². The zero-order valence-electron chi connectivity index (χ0n) is 13.8. The molecule has 0 saturated carbocycles. The number of nitrogens with zero attached hydrogens (tertiary/aromatic N) is 3. The molecule has 1 saturated heterocycles. The van der Waals surface area contributed by atoms with Gasteiger partial charge in [-0.05, 0) is 37.6 Å². The minimum Gasteiger partial charge on any atom is -0.506 e. The highest BCUT2D eigenvalue weighted by molar-refractivity contribution is 5.88. The van der Waals surface area contributed by atoms with Gasteiger partial charge in [-0.3, -0.25) is 5.32 Å². The third-order valence-corrected chi connectivity index (χ3v) is 4.17. The Morgan fingerprint density at radius 1 is 1.08 bits per heavy atom. The van der Waals surface area contributed by atoms with Crippen molar-refractivity contribution in [2.24, 2.45) is 0 Å². The van der Waals surface area contributed by atoms with E-state index in [9.17, 15) is 9.90 Å². The van der Waals surface area contributed by atoms with Crippen molar-refractivity contribution in [3.8, 4) is 5.75 Å². The number of carbonyl (C=O) groups is 1. The summed E-state index contributed by atoms with van der Waals surface area (Å²) in [6.45, 7) is 5.20. The Morgan fingerprint density at radius 3 is 2.58 bits per heavy atom. The lowest BCUT2D eigenvalue weighted by atomic mass is 10.2. The summed E-state index contributed by atoms with van der Waals surface area (Å²) in [5, 5.41) is 12.0. The SMILES string of the molecule is Cc1ccc(N2CCCN(C(=O)Nc3ccc(O)cn3)CC2)cc1. The van der Waals surface area contributed by atoms with Gasteiger partial charge >= 0.3 is 6.03 Å². The third kappa shape index (κ3) is 3.95. The van der Waals surface area contributed by atoms with Crippen molar-refractivity contribution in [2.45, 2.75) is 13.3 Å². The molecule has 0 unspecified atom stereocenters. The van der Waals surface area contributed by atoms with Crippen molar-refractivity contribution >= 4 is 17.5 Å². The van der Waals surface area contributed by atoms with Gasteiger partial charge in [0.2, 0.25) is 0 Å². The Balaban J connectivity index is 1.59. The maximum Gasteiger partial charge on any atom is 0.323 e. The average molecular weight is 326 g/mol. The number of nitrogens with one attached hydrogen (secondary N) is 1. The van der Waals surface area contributed by atoms with Crippen molar-refractivity contribution in [2.75, 3.05) is 36.4 Å². The number of hydrogen-bond acceptors (Lipinski definition) is 4. The molecular weight excluding hydrogens is 304 g/mol. The molecule has 2 aromatic rings. The van der Waals surface area contributed by atoms with Crippen LogP contribution in [0.3, 0.4) is 0 Å². The van der Waals surface area contributed by atoms with Gasteiger partial charge in [0.05, 0.1) is 6.20 Å². The van der Waals surface area contributed by atoms with E-state index in [-0.39, 0.29) is 11.8 Å². The van der Waals surface area contributed by atoms with Gasteiger partial charge in [-0.15, -0.1) is 0 Å².